The van der Waals surface area contributed by atoms with Crippen molar-refractivity contribution >= 4 is 34.8 Å². The number of methoxy groups -OCH3 is 2. The van der Waals surface area contributed by atoms with Crippen molar-refractivity contribution in [1.29, 1.82) is 0 Å². The van der Waals surface area contributed by atoms with Gasteiger partial charge in [0, 0.05) is 18.7 Å². The maximum absolute atomic E-state index is 13.8. The number of aromatic nitrogens is 4. The van der Waals surface area contributed by atoms with Gasteiger partial charge in [-0.2, -0.15) is 0 Å². The highest BCUT2D eigenvalue weighted by Gasteiger charge is 2.41. The van der Waals surface area contributed by atoms with Crippen LogP contribution >= 0.6 is 0 Å². The molecule has 0 saturated carbocycles. The average molecular weight is 763 g/mol. The Morgan fingerprint density at radius 1 is 0.750 bits per heavy atom. The Hall–Kier alpha value is -5.44. The number of amides is 2. The van der Waals surface area contributed by atoms with Gasteiger partial charge in [0.1, 0.15) is 17.3 Å². The molecule has 0 radical (unpaired) electrons. The van der Waals surface area contributed by atoms with Gasteiger partial charge in [-0.15, -0.1) is 0 Å². The number of nitrogens with one attached hydrogen (secondary N) is 2. The standard InChI is InChI=1S/C44H54N6O6/c1-25(2)33(20-39(51)55-7)43(53)49-23-27(5)17-37(49)41-45-22-32(46-41)15-11-29-9-12-30(13-10-29)31-14-16-35-36(19-31)48-42(47-35)38-18-28(6)24-50(38)44(54)34(26(3)4)21-40(52)56-8/h9-10,12-14,16,19,22,25-28,33-34,37-38H,17-18,20-21,23-24H2,1-8H3,(H,45,46)(H,47,48)/t27-,28-,33-,34-,37-,38-/m0/s1. The van der Waals surface area contributed by atoms with Crippen LogP contribution in [-0.2, 0) is 28.7 Å². The predicted molar refractivity (Wildman–Crippen MR) is 212 cm³/mol. The lowest BCUT2D eigenvalue weighted by molar-refractivity contribution is -0.148. The monoisotopic (exact) mass is 762 g/mol. The Kier molecular flexibility index (Phi) is 12.3. The molecule has 6 rings (SSSR count). The first-order chi connectivity index (χ1) is 26.8. The minimum absolute atomic E-state index is 0.00699. The van der Waals surface area contributed by atoms with Crippen molar-refractivity contribution in [1.82, 2.24) is 29.7 Å². The third-order valence-corrected chi connectivity index (χ3v) is 11.3. The SMILES string of the molecule is COC(=O)C[C@H](C(=O)N1C[C@@H](C)C[C@H]1c1ncc(C#Cc2ccc(-c3ccc4nc([C@@H]5C[C@H](C)CN5C(=O)[C@@H](CC(=O)OC)C(C)C)[nH]c4c3)cc2)[nH]1)C(C)C. The molecule has 0 aliphatic carbocycles. The number of carbonyl (C=O) groups excluding carboxylic acids is 4. The van der Waals surface area contributed by atoms with Crippen LogP contribution in [0.2, 0.25) is 0 Å². The zero-order valence-electron chi connectivity index (χ0n) is 33.7. The summed E-state index contributed by atoms with van der Waals surface area (Å²) in [5.41, 5.74) is 5.26. The summed E-state index contributed by atoms with van der Waals surface area (Å²) in [6, 6.07) is 13.7. The summed E-state index contributed by atoms with van der Waals surface area (Å²) >= 11 is 0. The molecule has 0 spiro atoms. The molecule has 2 aromatic carbocycles. The summed E-state index contributed by atoms with van der Waals surface area (Å²) in [6.07, 6.45) is 3.39. The highest BCUT2D eigenvalue weighted by atomic mass is 16.5. The van der Waals surface area contributed by atoms with E-state index < -0.39 is 11.8 Å². The molecule has 2 aromatic heterocycles. The fraction of sp³-hybridized carbons (Fsp3) is 0.500. The Morgan fingerprint density at radius 3 is 1.82 bits per heavy atom. The molecule has 0 bridgehead atoms. The molecule has 2 N–H and O–H groups in total. The molecule has 12 nitrogen and oxygen atoms in total. The number of hydrogen-bond donors (Lipinski definition) is 2. The summed E-state index contributed by atoms with van der Waals surface area (Å²) in [6.45, 7) is 13.3. The van der Waals surface area contributed by atoms with Gasteiger partial charge in [-0.3, -0.25) is 19.2 Å². The lowest BCUT2D eigenvalue weighted by atomic mass is 9.91. The smallest absolute Gasteiger partial charge is 0.306 e. The third-order valence-electron chi connectivity index (χ3n) is 11.3. The van der Waals surface area contributed by atoms with Crippen molar-refractivity contribution < 1.29 is 28.7 Å². The maximum Gasteiger partial charge on any atom is 0.306 e. The molecular formula is C44H54N6O6. The molecule has 2 aliphatic rings. The van der Waals surface area contributed by atoms with Gasteiger partial charge in [0.25, 0.3) is 0 Å². The molecule has 56 heavy (non-hydrogen) atoms. The molecular weight excluding hydrogens is 709 g/mol. The number of carbonyl (C=O) groups is 4. The topological polar surface area (TPSA) is 151 Å². The predicted octanol–water partition coefficient (Wildman–Crippen LogP) is 6.84. The largest absolute Gasteiger partial charge is 0.469 e. The van der Waals surface area contributed by atoms with Gasteiger partial charge in [-0.1, -0.05) is 65.7 Å². The molecule has 4 heterocycles. The normalized spacial score (nSPS) is 20.6. The van der Waals surface area contributed by atoms with Gasteiger partial charge in [-0.25, -0.2) is 9.97 Å². The van der Waals surface area contributed by atoms with Crippen LogP contribution in [0, 0.1) is 47.3 Å². The van der Waals surface area contributed by atoms with Crippen molar-refractivity contribution in [2.75, 3.05) is 27.3 Å². The number of ether oxygens (including phenoxy) is 2. The third kappa shape index (κ3) is 8.83. The maximum atomic E-state index is 13.8. The first kappa shape index (κ1) is 40.2. The lowest BCUT2D eigenvalue weighted by Crippen LogP contribution is -2.39. The van der Waals surface area contributed by atoms with Crippen molar-refractivity contribution in [2.45, 2.75) is 79.3 Å². The second kappa shape index (κ2) is 17.1. The molecule has 6 atom stereocenters. The second-order valence-electron chi connectivity index (χ2n) is 16.3. The van der Waals surface area contributed by atoms with Crippen molar-refractivity contribution in [3.05, 3.63) is 71.6 Å². The second-order valence-corrected chi connectivity index (χ2v) is 16.3. The summed E-state index contributed by atoms with van der Waals surface area (Å²) in [4.78, 5) is 71.8. The Bertz CT molecular complexity index is 2120. The number of nitrogens with zero attached hydrogens (tertiary/aromatic N) is 4. The zero-order chi connectivity index (χ0) is 40.3. The molecule has 12 heteroatoms. The molecule has 2 fully saturated rings. The van der Waals surface area contributed by atoms with Gasteiger partial charge in [-0.05, 0) is 77.8 Å². The Morgan fingerprint density at radius 2 is 1.29 bits per heavy atom. The van der Waals surface area contributed by atoms with E-state index in [1.165, 1.54) is 14.2 Å². The van der Waals surface area contributed by atoms with E-state index in [4.69, 9.17) is 14.5 Å². The number of rotatable bonds is 11. The van der Waals surface area contributed by atoms with Gasteiger partial charge in [0.2, 0.25) is 11.8 Å². The van der Waals surface area contributed by atoms with E-state index in [2.05, 4.69) is 46.7 Å². The number of hydrogen-bond acceptors (Lipinski definition) is 8. The Labute approximate surface area is 329 Å². The van der Waals surface area contributed by atoms with E-state index in [1.807, 2.05) is 73.9 Å². The summed E-state index contributed by atoms with van der Waals surface area (Å²) < 4.78 is 9.76. The van der Waals surface area contributed by atoms with Crippen LogP contribution in [0.1, 0.15) is 102 Å². The molecule has 296 valence electrons. The van der Waals surface area contributed by atoms with Crippen LogP contribution in [0.5, 0.6) is 0 Å². The number of esters is 2. The average Bonchev–Trinajstić information content (AvgIpc) is 3.99. The number of aromatic amines is 2. The number of benzene rings is 2. The van der Waals surface area contributed by atoms with E-state index in [0.717, 1.165) is 46.4 Å². The minimum atomic E-state index is -0.459. The number of imidazole rings is 2. The van der Waals surface area contributed by atoms with E-state index in [9.17, 15) is 19.2 Å². The minimum Gasteiger partial charge on any atom is -0.469 e. The fourth-order valence-electron chi connectivity index (χ4n) is 8.09. The van der Waals surface area contributed by atoms with Crippen molar-refractivity contribution in [3.63, 3.8) is 0 Å². The fourth-order valence-corrected chi connectivity index (χ4v) is 8.09. The highest BCUT2D eigenvalue weighted by molar-refractivity contribution is 5.86. The Balaban J connectivity index is 1.14. The number of likely N-dealkylation sites (tertiary alicyclic amines) is 2. The molecule has 2 saturated heterocycles. The quantitative estimate of drug-likeness (QED) is 0.125. The van der Waals surface area contributed by atoms with Gasteiger partial charge < -0.3 is 29.2 Å². The van der Waals surface area contributed by atoms with Crippen LogP contribution in [0.25, 0.3) is 22.2 Å². The van der Waals surface area contributed by atoms with Crippen LogP contribution in [0.4, 0.5) is 0 Å². The van der Waals surface area contributed by atoms with Crippen molar-refractivity contribution in [3.8, 4) is 23.0 Å². The number of fused-ring (bicyclic) bond motifs is 1. The van der Waals surface area contributed by atoms with Gasteiger partial charge >= 0.3 is 11.9 Å². The molecule has 0 unspecified atom stereocenters. The lowest BCUT2D eigenvalue weighted by Gasteiger charge is -2.29. The summed E-state index contributed by atoms with van der Waals surface area (Å²) in [5, 5.41) is 0. The van der Waals surface area contributed by atoms with E-state index >= 15 is 0 Å². The first-order valence-corrected chi connectivity index (χ1v) is 19.7. The van der Waals surface area contributed by atoms with Crippen LogP contribution in [0.3, 0.4) is 0 Å². The van der Waals surface area contributed by atoms with Crippen molar-refractivity contribution in [2.24, 2.45) is 35.5 Å². The summed E-state index contributed by atoms with van der Waals surface area (Å²) in [7, 11) is 2.70. The number of H-pyrrole nitrogens is 2. The van der Waals surface area contributed by atoms with Crippen LogP contribution in [0.15, 0.2) is 48.7 Å². The van der Waals surface area contributed by atoms with Gasteiger partial charge in [0.05, 0.1) is 68.2 Å². The first-order valence-electron chi connectivity index (χ1n) is 19.7. The zero-order valence-corrected chi connectivity index (χ0v) is 33.7. The van der Waals surface area contributed by atoms with E-state index in [1.54, 1.807) is 6.20 Å². The van der Waals surface area contributed by atoms with Crippen LogP contribution < -0.4 is 0 Å². The molecule has 2 amide bonds. The van der Waals surface area contributed by atoms with Crippen LogP contribution in [-0.4, -0.2) is 80.8 Å². The van der Waals surface area contributed by atoms with E-state index in [-0.39, 0.29) is 60.5 Å². The van der Waals surface area contributed by atoms with E-state index in [0.29, 0.717) is 36.4 Å². The molecule has 4 aromatic rings. The highest BCUT2D eigenvalue weighted by Crippen LogP contribution is 2.39. The molecule has 2 aliphatic heterocycles. The summed E-state index contributed by atoms with van der Waals surface area (Å²) in [5.74, 6) is 6.69. The van der Waals surface area contributed by atoms with Gasteiger partial charge in [0.15, 0.2) is 0 Å².